The zero-order chi connectivity index (χ0) is 29.6. The minimum atomic E-state index is -4.76. The number of likely N-dealkylation sites (N-methyl/N-ethyl adjacent to an activating group) is 1. The van der Waals surface area contributed by atoms with Crippen LogP contribution in [0.25, 0.3) is 0 Å². The zero-order valence-corrected chi connectivity index (χ0v) is 23.4. The lowest BCUT2D eigenvalue weighted by Crippen LogP contribution is -2.66. The second-order valence-corrected chi connectivity index (χ2v) is 11.2. The first kappa shape index (κ1) is 30.8. The van der Waals surface area contributed by atoms with E-state index in [2.05, 4.69) is 16.0 Å². The van der Waals surface area contributed by atoms with E-state index in [1.54, 1.807) is 43.5 Å². The first-order valence-corrected chi connectivity index (χ1v) is 15.0. The second kappa shape index (κ2) is 13.1. The van der Waals surface area contributed by atoms with E-state index in [0.29, 0.717) is 17.9 Å². The van der Waals surface area contributed by atoms with Gasteiger partial charge in [-0.1, -0.05) is 30.3 Å². The van der Waals surface area contributed by atoms with Crippen molar-refractivity contribution in [3.05, 3.63) is 35.9 Å². The lowest BCUT2D eigenvalue weighted by molar-refractivity contribution is -0.153. The zero-order valence-electron chi connectivity index (χ0n) is 21.7. The van der Waals surface area contributed by atoms with Crippen LogP contribution in [0.4, 0.5) is 4.79 Å². The molecule has 1 unspecified atom stereocenters. The molecule has 1 aromatic carbocycles. The lowest BCUT2D eigenvalue weighted by Gasteiger charge is -2.36. The molecule has 2 aliphatic heterocycles. The molecule has 15 nitrogen and oxygen atoms in total. The summed E-state index contributed by atoms with van der Waals surface area (Å²) >= 11 is 1.39. The van der Waals surface area contributed by atoms with Gasteiger partial charge in [0.1, 0.15) is 18.1 Å². The average molecular weight is 599 g/mol. The first-order chi connectivity index (χ1) is 18.9. The van der Waals surface area contributed by atoms with Gasteiger partial charge in [-0.3, -0.25) is 33.4 Å². The molecule has 2 fully saturated rings. The third-order valence-corrected chi connectivity index (χ3v) is 7.86. The number of rotatable bonds is 11. The normalized spacial score (nSPS) is 19.0. The molecule has 0 saturated carbocycles. The maximum atomic E-state index is 13.3. The van der Waals surface area contributed by atoms with Crippen molar-refractivity contribution in [2.24, 2.45) is 0 Å². The number of nitrogens with one attached hydrogen (secondary N) is 3. The van der Waals surface area contributed by atoms with Crippen LogP contribution in [0.1, 0.15) is 24.9 Å². The van der Waals surface area contributed by atoms with Gasteiger partial charge < -0.3 is 20.9 Å². The highest BCUT2D eigenvalue weighted by molar-refractivity contribution is 7.98. The van der Waals surface area contributed by atoms with Crippen molar-refractivity contribution < 1.29 is 41.7 Å². The molecule has 0 bridgehead atoms. The van der Waals surface area contributed by atoms with Gasteiger partial charge in [0, 0.05) is 19.6 Å². The molecule has 3 rings (SSSR count). The van der Waals surface area contributed by atoms with Crippen molar-refractivity contribution in [3.63, 3.8) is 0 Å². The van der Waals surface area contributed by atoms with Gasteiger partial charge in [-0.05, 0) is 30.9 Å². The summed E-state index contributed by atoms with van der Waals surface area (Å²) in [6, 6.07) is 3.30. The van der Waals surface area contributed by atoms with Crippen LogP contribution in [-0.4, -0.2) is 113 Å². The van der Waals surface area contributed by atoms with Crippen LogP contribution in [-0.2, 0) is 34.3 Å². The van der Waals surface area contributed by atoms with Crippen molar-refractivity contribution in [2.45, 2.75) is 31.5 Å². The summed E-state index contributed by atoms with van der Waals surface area (Å²) < 4.78 is 31.6. The summed E-state index contributed by atoms with van der Waals surface area (Å²) in [6.07, 6.45) is 1.91. The molecule has 40 heavy (non-hydrogen) atoms. The summed E-state index contributed by atoms with van der Waals surface area (Å²) in [4.78, 5) is 78.1. The van der Waals surface area contributed by atoms with Gasteiger partial charge in [0.25, 0.3) is 5.91 Å². The SMILES string of the molecule is CCN1CCN(C(=O)N[C@H](CCSC)C(=O)N[C@@H](C(=O)NC2CN(S(=O)(=O)O)C2=O)c2ccccc2)C(=O)C1=O. The number of hydrogen-bond donors (Lipinski definition) is 4. The number of benzene rings is 1. The van der Waals surface area contributed by atoms with Crippen molar-refractivity contribution in [1.29, 1.82) is 0 Å². The molecule has 2 aliphatic rings. The molecule has 0 spiro atoms. The van der Waals surface area contributed by atoms with Crippen molar-refractivity contribution in [1.82, 2.24) is 30.1 Å². The van der Waals surface area contributed by atoms with Crippen LogP contribution < -0.4 is 16.0 Å². The topological polar surface area (TPSA) is 203 Å². The number of amides is 7. The Morgan fingerprint density at radius 2 is 1.73 bits per heavy atom. The van der Waals surface area contributed by atoms with Crippen LogP contribution in [0.3, 0.4) is 0 Å². The number of β-lactam (4-membered cyclic amide) rings is 1. The maximum absolute atomic E-state index is 13.3. The quantitative estimate of drug-likeness (QED) is 0.132. The van der Waals surface area contributed by atoms with E-state index in [9.17, 15) is 37.2 Å². The summed E-state index contributed by atoms with van der Waals surface area (Å²) in [5.41, 5.74) is 0.332. The van der Waals surface area contributed by atoms with Gasteiger partial charge in [0.15, 0.2) is 0 Å². The molecule has 4 N–H and O–H groups in total. The van der Waals surface area contributed by atoms with Gasteiger partial charge in [0.2, 0.25) is 11.8 Å². The van der Waals surface area contributed by atoms with Crippen LogP contribution in [0.5, 0.6) is 0 Å². The Morgan fingerprint density at radius 3 is 2.30 bits per heavy atom. The summed E-state index contributed by atoms with van der Waals surface area (Å²) in [6.45, 7) is 1.63. The number of carbonyl (C=O) groups excluding carboxylic acids is 6. The van der Waals surface area contributed by atoms with Gasteiger partial charge in [0.05, 0.1) is 6.54 Å². The number of hydrogen-bond acceptors (Lipinski definition) is 9. The molecule has 2 saturated heterocycles. The van der Waals surface area contributed by atoms with Crippen LogP contribution in [0, 0.1) is 0 Å². The number of imide groups is 1. The molecule has 1 aromatic rings. The van der Waals surface area contributed by atoms with E-state index < -0.39 is 70.5 Å². The highest BCUT2D eigenvalue weighted by atomic mass is 32.2. The van der Waals surface area contributed by atoms with Crippen LogP contribution in [0.15, 0.2) is 30.3 Å². The molecule has 17 heteroatoms. The fourth-order valence-electron chi connectivity index (χ4n) is 4.06. The summed E-state index contributed by atoms with van der Waals surface area (Å²) in [5.74, 6) is -4.05. The molecule has 0 aromatic heterocycles. The van der Waals surface area contributed by atoms with E-state index in [4.69, 9.17) is 4.55 Å². The number of nitrogens with zero attached hydrogens (tertiary/aromatic N) is 3. The average Bonchev–Trinajstić information content (AvgIpc) is 2.92. The summed E-state index contributed by atoms with van der Waals surface area (Å²) in [7, 11) is -4.76. The van der Waals surface area contributed by atoms with Gasteiger partial charge in [-0.2, -0.15) is 20.2 Å². The monoisotopic (exact) mass is 598 g/mol. The van der Waals surface area contributed by atoms with E-state index in [-0.39, 0.29) is 23.8 Å². The van der Waals surface area contributed by atoms with Crippen LogP contribution in [0.2, 0.25) is 0 Å². The fourth-order valence-corrected chi connectivity index (χ4v) is 5.22. The third-order valence-electron chi connectivity index (χ3n) is 6.33. The fraction of sp³-hybridized carbons (Fsp3) is 0.478. The largest absolute Gasteiger partial charge is 0.362 e. The van der Waals surface area contributed by atoms with E-state index in [0.717, 1.165) is 4.90 Å². The highest BCUT2D eigenvalue weighted by Crippen LogP contribution is 2.18. The van der Waals surface area contributed by atoms with Gasteiger partial charge in [-0.15, -0.1) is 0 Å². The Morgan fingerprint density at radius 1 is 1.05 bits per heavy atom. The van der Waals surface area contributed by atoms with Crippen molar-refractivity contribution in [3.8, 4) is 0 Å². The van der Waals surface area contributed by atoms with E-state index in [1.165, 1.54) is 16.7 Å². The second-order valence-electron chi connectivity index (χ2n) is 8.89. The molecule has 3 atom stereocenters. The Hall–Kier alpha value is -3.70. The van der Waals surface area contributed by atoms with Gasteiger partial charge >= 0.3 is 28.1 Å². The molecule has 0 radical (unpaired) electrons. The number of urea groups is 1. The Labute approximate surface area is 234 Å². The van der Waals surface area contributed by atoms with E-state index in [1.807, 2.05) is 0 Å². The first-order valence-electron chi connectivity index (χ1n) is 12.2. The molecule has 2 heterocycles. The van der Waals surface area contributed by atoms with E-state index >= 15 is 0 Å². The molecule has 218 valence electrons. The summed E-state index contributed by atoms with van der Waals surface area (Å²) in [5, 5.41) is 7.39. The van der Waals surface area contributed by atoms with Gasteiger partial charge in [-0.25, -0.2) is 9.10 Å². The van der Waals surface area contributed by atoms with Crippen molar-refractivity contribution in [2.75, 3.05) is 38.2 Å². The number of thioether (sulfide) groups is 1. The lowest BCUT2D eigenvalue weighted by atomic mass is 10.0. The smallest absolute Gasteiger partial charge is 0.341 e. The third kappa shape index (κ3) is 7.08. The molecular formula is C23H30N6O9S2. The molecule has 0 aliphatic carbocycles. The standard InChI is InChI=1S/C23H30N6O9S2/c1-3-27-10-11-28(22(34)21(27)33)23(35)25-15(9-12-39-2)18(30)26-17(14-7-5-4-6-8-14)19(31)24-16-13-29(20(16)32)40(36,37)38/h4-8,15-17H,3,9-13H2,1-2H3,(H,24,31)(H,25,35)(H,26,30)(H,36,37,38)/t15-,16?,17-/m1/s1. The predicted molar refractivity (Wildman–Crippen MR) is 142 cm³/mol. The van der Waals surface area contributed by atoms with Crippen molar-refractivity contribution >= 4 is 57.6 Å². The molecular weight excluding hydrogens is 568 g/mol. The minimum absolute atomic E-state index is 0.0494. The Balaban J connectivity index is 1.74. The Bertz CT molecular complexity index is 1280. The maximum Gasteiger partial charge on any atom is 0.362 e. The van der Waals surface area contributed by atoms with Crippen LogP contribution >= 0.6 is 11.8 Å². The number of piperazine rings is 1. The number of carbonyl (C=O) groups is 6. The molecule has 7 amide bonds. The minimum Gasteiger partial charge on any atom is -0.341 e. The predicted octanol–water partition coefficient (Wildman–Crippen LogP) is -1.50. The Kier molecular flexibility index (Phi) is 10.1. The highest BCUT2D eigenvalue weighted by Gasteiger charge is 2.45.